The van der Waals surface area contributed by atoms with Crippen LogP contribution in [-0.4, -0.2) is 54.9 Å². The van der Waals surface area contributed by atoms with Crippen LogP contribution in [0.3, 0.4) is 0 Å². The molecule has 0 spiro atoms. The van der Waals surface area contributed by atoms with Gasteiger partial charge in [-0.05, 0) is 41.5 Å². The highest BCUT2D eigenvalue weighted by Gasteiger charge is 2.21. The lowest BCUT2D eigenvalue weighted by Gasteiger charge is -2.24. The van der Waals surface area contributed by atoms with Gasteiger partial charge in [0.25, 0.3) is 0 Å². The molecule has 13 nitrogen and oxygen atoms in total. The maximum atomic E-state index is 12.7. The fraction of sp³-hybridized carbons (Fsp3) is 0.240. The predicted molar refractivity (Wildman–Crippen MR) is 140 cm³/mol. The maximum Gasteiger partial charge on any atom is 0.519 e. The van der Waals surface area contributed by atoms with E-state index in [1.165, 1.54) is 18.1 Å². The number of aryl methyl sites for hydroxylation is 1. The quantitative estimate of drug-likeness (QED) is 0.206. The SMILES string of the molecule is Cc1oc(=O)oc1COn1cc(CC(=O)NN(Cc2ccc(-c3cc(Cl)ccc3Cl)cc2)C[C@@H](O)C(=O)O)nn1. The number of aromatic nitrogens is 3. The number of hydrogen-bond donors (Lipinski definition) is 3. The van der Waals surface area contributed by atoms with Crippen LogP contribution < -0.4 is 16.1 Å². The Morgan fingerprint density at radius 2 is 1.93 bits per heavy atom. The lowest BCUT2D eigenvalue weighted by Crippen LogP contribution is -2.47. The molecule has 3 N–H and O–H groups in total. The van der Waals surface area contributed by atoms with E-state index in [1.807, 2.05) is 12.1 Å². The molecule has 0 aliphatic heterocycles. The second-order valence-electron chi connectivity index (χ2n) is 8.59. The molecule has 0 radical (unpaired) electrons. The molecular formula is C25H23Cl2N5O8. The van der Waals surface area contributed by atoms with Crippen LogP contribution in [0.5, 0.6) is 0 Å². The smallest absolute Gasteiger partial charge is 0.479 e. The molecule has 1 atom stereocenters. The number of halogens is 2. The van der Waals surface area contributed by atoms with E-state index in [0.29, 0.717) is 10.0 Å². The molecular weight excluding hydrogens is 569 g/mol. The van der Waals surface area contributed by atoms with Gasteiger partial charge in [-0.1, -0.05) is 52.3 Å². The third-order valence-corrected chi connectivity index (χ3v) is 6.12. The second kappa shape index (κ2) is 12.8. The molecule has 15 heteroatoms. The van der Waals surface area contributed by atoms with E-state index in [1.54, 1.807) is 30.3 Å². The Bertz CT molecular complexity index is 1550. The van der Waals surface area contributed by atoms with Crippen molar-refractivity contribution in [3.05, 3.63) is 92.1 Å². The first kappa shape index (κ1) is 28.8. The maximum absolute atomic E-state index is 12.7. The molecule has 4 rings (SSSR count). The topological polar surface area (TPSA) is 173 Å². The Morgan fingerprint density at radius 1 is 1.18 bits per heavy atom. The van der Waals surface area contributed by atoms with Crippen molar-refractivity contribution in [2.45, 2.75) is 32.6 Å². The van der Waals surface area contributed by atoms with E-state index >= 15 is 0 Å². The first-order chi connectivity index (χ1) is 19.1. The number of rotatable bonds is 12. The Kier molecular flexibility index (Phi) is 9.22. The van der Waals surface area contributed by atoms with Crippen LogP contribution in [0.4, 0.5) is 0 Å². The van der Waals surface area contributed by atoms with E-state index in [2.05, 4.69) is 15.7 Å². The summed E-state index contributed by atoms with van der Waals surface area (Å²) in [5.74, 6) is -2.39. The molecule has 40 heavy (non-hydrogen) atoms. The van der Waals surface area contributed by atoms with Gasteiger partial charge >= 0.3 is 11.8 Å². The average molecular weight is 592 g/mol. The summed E-state index contributed by atoms with van der Waals surface area (Å²) < 4.78 is 9.58. The van der Waals surface area contributed by atoms with Gasteiger partial charge in [-0.15, -0.1) is 5.10 Å². The fourth-order valence-electron chi connectivity index (χ4n) is 3.60. The van der Waals surface area contributed by atoms with Crippen molar-refractivity contribution in [2.24, 2.45) is 0 Å². The minimum atomic E-state index is -1.74. The molecule has 0 saturated carbocycles. The number of aliphatic hydroxyl groups excluding tert-OH is 1. The number of carbonyl (C=O) groups is 2. The minimum absolute atomic E-state index is 0.0880. The van der Waals surface area contributed by atoms with Gasteiger partial charge < -0.3 is 23.9 Å². The van der Waals surface area contributed by atoms with Gasteiger partial charge in [-0.2, -0.15) is 0 Å². The van der Waals surface area contributed by atoms with Crippen molar-refractivity contribution in [3.63, 3.8) is 0 Å². The third kappa shape index (κ3) is 7.70. The van der Waals surface area contributed by atoms with E-state index < -0.39 is 23.8 Å². The molecule has 1 amide bonds. The highest BCUT2D eigenvalue weighted by Crippen LogP contribution is 2.30. The van der Waals surface area contributed by atoms with Gasteiger partial charge in [0.05, 0.1) is 24.9 Å². The molecule has 2 aromatic heterocycles. The van der Waals surface area contributed by atoms with Crippen molar-refractivity contribution < 1.29 is 33.5 Å². The summed E-state index contributed by atoms with van der Waals surface area (Å²) in [6, 6.07) is 12.3. The number of aliphatic hydroxyl groups is 1. The van der Waals surface area contributed by atoms with Gasteiger partial charge in [0.1, 0.15) is 0 Å². The Labute approximate surface area is 236 Å². The molecule has 4 aromatic rings. The largest absolute Gasteiger partial charge is 0.519 e. The Hall–Kier alpha value is -4.17. The molecule has 0 bridgehead atoms. The van der Waals surface area contributed by atoms with Crippen LogP contribution >= 0.6 is 23.2 Å². The zero-order chi connectivity index (χ0) is 28.8. The number of carboxylic acids is 1. The second-order valence-corrected chi connectivity index (χ2v) is 9.43. The molecule has 0 saturated heterocycles. The fourth-order valence-corrected chi connectivity index (χ4v) is 4.00. The lowest BCUT2D eigenvalue weighted by atomic mass is 10.0. The zero-order valence-corrected chi connectivity index (χ0v) is 22.4. The summed E-state index contributed by atoms with van der Waals surface area (Å²) >= 11 is 12.4. The summed E-state index contributed by atoms with van der Waals surface area (Å²) in [5, 5.41) is 29.0. The van der Waals surface area contributed by atoms with Crippen molar-refractivity contribution in [3.8, 4) is 11.1 Å². The number of nitrogens with zero attached hydrogens (tertiary/aromatic N) is 4. The van der Waals surface area contributed by atoms with E-state index in [4.69, 9.17) is 42.0 Å². The first-order valence-corrected chi connectivity index (χ1v) is 12.5. The van der Waals surface area contributed by atoms with Crippen molar-refractivity contribution in [2.75, 3.05) is 6.54 Å². The van der Waals surface area contributed by atoms with Crippen LogP contribution in [-0.2, 0) is 29.2 Å². The van der Waals surface area contributed by atoms with Gasteiger partial charge in [-0.3, -0.25) is 10.2 Å². The van der Waals surface area contributed by atoms with Crippen LogP contribution in [0.1, 0.15) is 22.8 Å². The van der Waals surface area contributed by atoms with E-state index in [-0.39, 0.29) is 43.3 Å². The first-order valence-electron chi connectivity index (χ1n) is 11.7. The van der Waals surface area contributed by atoms with Crippen LogP contribution in [0, 0.1) is 6.92 Å². The number of aliphatic carboxylic acids is 1. The van der Waals surface area contributed by atoms with Gasteiger partial charge in [0.2, 0.25) is 5.91 Å². The minimum Gasteiger partial charge on any atom is -0.479 e. The van der Waals surface area contributed by atoms with Crippen molar-refractivity contribution >= 4 is 35.1 Å². The van der Waals surface area contributed by atoms with E-state index in [9.17, 15) is 19.5 Å². The number of amides is 1. The standard InChI is InChI=1S/C25H23Cl2N5O8/c1-14-22(40-25(37)39-14)13-38-32-11-18(28-30-32)9-23(34)29-31(12-21(33)24(35)36)10-15-2-4-16(5-3-15)19-8-17(26)6-7-20(19)27/h2-8,11,21,33H,9-10,12-13H2,1H3,(H,29,34)(H,35,36)/t21-/m1/s1. The summed E-state index contributed by atoms with van der Waals surface area (Å²) in [4.78, 5) is 41.4. The monoisotopic (exact) mass is 591 g/mol. The summed E-state index contributed by atoms with van der Waals surface area (Å²) in [6.45, 7) is 1.09. The molecule has 2 aromatic carbocycles. The Balaban J connectivity index is 1.39. The molecule has 2 heterocycles. The normalized spacial score (nSPS) is 11.9. The summed E-state index contributed by atoms with van der Waals surface area (Å²) in [5.41, 5.74) is 5.11. The van der Waals surface area contributed by atoms with Gasteiger partial charge in [-0.25, -0.2) is 14.6 Å². The molecule has 0 fully saturated rings. The Morgan fingerprint density at radius 3 is 2.60 bits per heavy atom. The van der Waals surface area contributed by atoms with Gasteiger partial charge in [0.15, 0.2) is 24.2 Å². The number of hydrogen-bond acceptors (Lipinski definition) is 10. The van der Waals surface area contributed by atoms with Crippen LogP contribution in [0.25, 0.3) is 11.1 Å². The van der Waals surface area contributed by atoms with E-state index in [0.717, 1.165) is 21.5 Å². The number of carboxylic acid groups (broad SMARTS) is 1. The molecule has 0 unspecified atom stereocenters. The molecule has 0 aliphatic carbocycles. The molecule has 0 aliphatic rings. The number of carbonyl (C=O) groups excluding carboxylic acids is 1. The zero-order valence-electron chi connectivity index (χ0n) is 20.9. The van der Waals surface area contributed by atoms with Crippen molar-refractivity contribution in [1.29, 1.82) is 0 Å². The van der Waals surface area contributed by atoms with Crippen molar-refractivity contribution in [1.82, 2.24) is 25.6 Å². The summed E-state index contributed by atoms with van der Waals surface area (Å²) in [7, 11) is 0. The average Bonchev–Trinajstić information content (AvgIpc) is 3.48. The summed E-state index contributed by atoms with van der Waals surface area (Å²) in [6.07, 6.45) is -0.622. The van der Waals surface area contributed by atoms with Gasteiger partial charge in [0, 0.05) is 22.2 Å². The highest BCUT2D eigenvalue weighted by molar-refractivity contribution is 6.35. The number of benzene rings is 2. The van der Waals surface area contributed by atoms with Crippen LogP contribution in [0.15, 0.2) is 62.3 Å². The number of hydrazine groups is 1. The van der Waals surface area contributed by atoms with Crippen LogP contribution in [0.2, 0.25) is 10.0 Å². The highest BCUT2D eigenvalue weighted by atomic mass is 35.5. The molecule has 210 valence electrons. The predicted octanol–water partition coefficient (Wildman–Crippen LogP) is 2.26. The number of nitrogens with one attached hydrogen (secondary N) is 1. The lowest BCUT2D eigenvalue weighted by molar-refractivity contribution is -0.149. The third-order valence-electron chi connectivity index (χ3n) is 5.55.